The molecule has 23 heavy (non-hydrogen) atoms. The van der Waals surface area contributed by atoms with E-state index in [1.807, 2.05) is 30.4 Å². The number of nitrogens with zero attached hydrogens (tertiary/aromatic N) is 3. The SMILES string of the molecule is CCN(Cc1cc(Br)ccc1O)C(=O)[C@@H]1CCn2cncc2C1. The number of hydrogen-bond donors (Lipinski definition) is 1. The first-order valence-electron chi connectivity index (χ1n) is 7.83. The maximum absolute atomic E-state index is 12.9. The van der Waals surface area contributed by atoms with Crippen molar-refractivity contribution in [3.63, 3.8) is 0 Å². The molecule has 3 rings (SSSR count). The van der Waals surface area contributed by atoms with E-state index in [9.17, 15) is 9.90 Å². The zero-order chi connectivity index (χ0) is 16.4. The van der Waals surface area contributed by atoms with Gasteiger partial charge >= 0.3 is 0 Å². The van der Waals surface area contributed by atoms with Crippen LogP contribution in [0.25, 0.3) is 0 Å². The number of carbonyl (C=O) groups is 1. The van der Waals surface area contributed by atoms with Gasteiger partial charge in [0.1, 0.15) is 5.75 Å². The lowest BCUT2D eigenvalue weighted by atomic mass is 9.94. The number of benzene rings is 1. The zero-order valence-electron chi connectivity index (χ0n) is 13.1. The Labute approximate surface area is 144 Å². The van der Waals surface area contributed by atoms with E-state index in [0.717, 1.165) is 35.1 Å². The van der Waals surface area contributed by atoms with E-state index in [-0.39, 0.29) is 17.6 Å². The van der Waals surface area contributed by atoms with Crippen LogP contribution >= 0.6 is 15.9 Å². The Morgan fingerprint density at radius 1 is 1.52 bits per heavy atom. The number of fused-ring (bicyclic) bond motifs is 1. The number of aryl methyl sites for hydroxylation is 1. The lowest BCUT2D eigenvalue weighted by Crippen LogP contribution is -2.38. The van der Waals surface area contributed by atoms with Crippen LogP contribution < -0.4 is 0 Å². The summed E-state index contributed by atoms with van der Waals surface area (Å²) < 4.78 is 3.01. The minimum Gasteiger partial charge on any atom is -0.508 e. The van der Waals surface area contributed by atoms with Crippen molar-refractivity contribution in [3.05, 3.63) is 46.5 Å². The Bertz CT molecular complexity index is 714. The highest BCUT2D eigenvalue weighted by molar-refractivity contribution is 9.10. The van der Waals surface area contributed by atoms with E-state index in [1.54, 1.807) is 12.1 Å². The summed E-state index contributed by atoms with van der Waals surface area (Å²) in [6.45, 7) is 3.86. The Balaban J connectivity index is 1.73. The number of hydrogen-bond acceptors (Lipinski definition) is 3. The molecule has 0 unspecified atom stereocenters. The van der Waals surface area contributed by atoms with Crippen LogP contribution in [0.15, 0.2) is 35.2 Å². The molecule has 1 aromatic carbocycles. The molecule has 1 N–H and O–H groups in total. The monoisotopic (exact) mass is 377 g/mol. The molecule has 1 aliphatic heterocycles. The first-order chi connectivity index (χ1) is 11.1. The van der Waals surface area contributed by atoms with E-state index >= 15 is 0 Å². The molecule has 0 spiro atoms. The number of phenolic OH excluding ortho intramolecular Hbond substituents is 1. The number of carbonyl (C=O) groups excluding carboxylic acids is 1. The Hall–Kier alpha value is -1.82. The quantitative estimate of drug-likeness (QED) is 0.890. The van der Waals surface area contributed by atoms with Gasteiger partial charge in [-0.15, -0.1) is 0 Å². The molecular weight excluding hydrogens is 358 g/mol. The molecule has 1 atom stereocenters. The van der Waals surface area contributed by atoms with E-state index < -0.39 is 0 Å². The highest BCUT2D eigenvalue weighted by atomic mass is 79.9. The smallest absolute Gasteiger partial charge is 0.226 e. The van der Waals surface area contributed by atoms with Gasteiger partial charge in [-0.1, -0.05) is 15.9 Å². The maximum atomic E-state index is 12.9. The summed E-state index contributed by atoms with van der Waals surface area (Å²) in [4.78, 5) is 18.8. The van der Waals surface area contributed by atoms with Gasteiger partial charge < -0.3 is 14.6 Å². The van der Waals surface area contributed by atoms with Gasteiger partial charge in [0.2, 0.25) is 5.91 Å². The van der Waals surface area contributed by atoms with E-state index in [1.165, 1.54) is 0 Å². The average molecular weight is 378 g/mol. The molecule has 1 amide bonds. The number of aromatic nitrogens is 2. The number of amides is 1. The fourth-order valence-corrected chi connectivity index (χ4v) is 3.48. The molecule has 5 nitrogen and oxygen atoms in total. The number of rotatable bonds is 4. The lowest BCUT2D eigenvalue weighted by molar-refractivity contribution is -0.136. The second kappa shape index (κ2) is 6.74. The summed E-state index contributed by atoms with van der Waals surface area (Å²) in [7, 11) is 0. The number of phenols is 1. The van der Waals surface area contributed by atoms with Gasteiger partial charge in [-0.2, -0.15) is 0 Å². The molecule has 6 heteroatoms. The highest BCUT2D eigenvalue weighted by Gasteiger charge is 2.28. The predicted molar refractivity (Wildman–Crippen MR) is 90.9 cm³/mol. The van der Waals surface area contributed by atoms with Crippen molar-refractivity contribution in [3.8, 4) is 5.75 Å². The fraction of sp³-hybridized carbons (Fsp3) is 0.412. The van der Waals surface area contributed by atoms with Crippen LogP contribution in [0.2, 0.25) is 0 Å². The summed E-state index contributed by atoms with van der Waals surface area (Å²) in [5, 5.41) is 10.0. The third kappa shape index (κ3) is 3.42. The van der Waals surface area contributed by atoms with Crippen molar-refractivity contribution in [1.29, 1.82) is 0 Å². The van der Waals surface area contributed by atoms with Crippen molar-refractivity contribution in [1.82, 2.24) is 14.5 Å². The largest absolute Gasteiger partial charge is 0.508 e. The van der Waals surface area contributed by atoms with Gasteiger partial charge in [-0.3, -0.25) is 4.79 Å². The average Bonchev–Trinajstić information content (AvgIpc) is 3.02. The summed E-state index contributed by atoms with van der Waals surface area (Å²) in [6, 6.07) is 5.30. The predicted octanol–water partition coefficient (Wildman–Crippen LogP) is 2.96. The molecule has 0 fully saturated rings. The Morgan fingerprint density at radius 3 is 3.13 bits per heavy atom. The van der Waals surface area contributed by atoms with Crippen LogP contribution in [-0.2, 0) is 24.3 Å². The van der Waals surface area contributed by atoms with E-state index in [2.05, 4.69) is 25.5 Å². The molecule has 0 radical (unpaired) electrons. The molecule has 2 aromatic rings. The van der Waals surface area contributed by atoms with Gasteiger partial charge in [-0.25, -0.2) is 4.98 Å². The second-order valence-electron chi connectivity index (χ2n) is 5.89. The summed E-state index contributed by atoms with van der Waals surface area (Å²) in [5.74, 6) is 0.369. The first-order valence-corrected chi connectivity index (χ1v) is 8.63. The third-order valence-corrected chi connectivity index (χ3v) is 4.91. The molecule has 0 aliphatic carbocycles. The third-order valence-electron chi connectivity index (χ3n) is 4.42. The Morgan fingerprint density at radius 2 is 2.35 bits per heavy atom. The standard InChI is InChI=1S/C17H20BrN3O2/c1-2-20(10-13-7-14(18)3-4-16(13)22)17(23)12-5-6-21-11-19-9-15(21)8-12/h3-4,7,9,11-12,22H,2,5-6,8,10H2,1H3/t12-/m1/s1. The molecule has 122 valence electrons. The highest BCUT2D eigenvalue weighted by Crippen LogP contribution is 2.26. The zero-order valence-corrected chi connectivity index (χ0v) is 14.7. The molecule has 0 saturated heterocycles. The van der Waals surface area contributed by atoms with Crippen LogP contribution in [-0.4, -0.2) is 32.0 Å². The fourth-order valence-electron chi connectivity index (χ4n) is 3.07. The molecule has 2 heterocycles. The van der Waals surface area contributed by atoms with Crippen LogP contribution in [0, 0.1) is 5.92 Å². The van der Waals surface area contributed by atoms with Crippen molar-refractivity contribution in [2.24, 2.45) is 5.92 Å². The maximum Gasteiger partial charge on any atom is 0.226 e. The van der Waals surface area contributed by atoms with Gasteiger partial charge in [0.05, 0.1) is 6.33 Å². The number of aromatic hydroxyl groups is 1. The summed E-state index contributed by atoms with van der Waals surface area (Å²) in [5.41, 5.74) is 1.88. The topological polar surface area (TPSA) is 58.4 Å². The van der Waals surface area contributed by atoms with Crippen LogP contribution in [0.1, 0.15) is 24.6 Å². The molecule has 0 bridgehead atoms. The minimum absolute atomic E-state index is 0.00607. The van der Waals surface area contributed by atoms with Crippen LogP contribution in [0.3, 0.4) is 0 Å². The molecule has 0 saturated carbocycles. The first kappa shape index (κ1) is 16.1. The molecule has 1 aliphatic rings. The second-order valence-corrected chi connectivity index (χ2v) is 6.81. The van der Waals surface area contributed by atoms with Crippen LogP contribution in [0.5, 0.6) is 5.75 Å². The van der Waals surface area contributed by atoms with E-state index in [0.29, 0.717) is 13.1 Å². The molecule has 1 aromatic heterocycles. The van der Waals surface area contributed by atoms with Crippen molar-refractivity contribution in [2.75, 3.05) is 6.54 Å². The van der Waals surface area contributed by atoms with Gasteiger partial charge in [0.25, 0.3) is 0 Å². The van der Waals surface area contributed by atoms with E-state index in [4.69, 9.17) is 0 Å². The van der Waals surface area contributed by atoms with Crippen molar-refractivity contribution < 1.29 is 9.90 Å². The normalized spacial score (nSPS) is 16.9. The number of halogens is 1. The van der Waals surface area contributed by atoms with Gasteiger partial charge in [-0.05, 0) is 31.5 Å². The lowest BCUT2D eigenvalue weighted by Gasteiger charge is -2.29. The van der Waals surface area contributed by atoms with Gasteiger partial charge in [0, 0.05) is 53.9 Å². The van der Waals surface area contributed by atoms with Gasteiger partial charge in [0.15, 0.2) is 0 Å². The number of imidazole rings is 1. The van der Waals surface area contributed by atoms with Crippen LogP contribution in [0.4, 0.5) is 0 Å². The molecular formula is C17H20BrN3O2. The Kier molecular flexibility index (Phi) is 4.71. The minimum atomic E-state index is -0.00607. The summed E-state index contributed by atoms with van der Waals surface area (Å²) >= 11 is 3.41. The summed E-state index contributed by atoms with van der Waals surface area (Å²) in [6.07, 6.45) is 5.24. The van der Waals surface area contributed by atoms with Crippen molar-refractivity contribution in [2.45, 2.75) is 32.9 Å². The van der Waals surface area contributed by atoms with Crippen molar-refractivity contribution >= 4 is 21.8 Å².